The second-order valence-corrected chi connectivity index (χ2v) is 6.83. The van der Waals surface area contributed by atoms with Crippen LogP contribution in [-0.4, -0.2) is 18.3 Å². The number of rotatable bonds is 5. The molecule has 0 saturated heterocycles. The van der Waals surface area contributed by atoms with Crippen LogP contribution in [0.1, 0.15) is 0 Å². The molecule has 1 aliphatic rings. The molecule has 1 aromatic rings. The second kappa shape index (κ2) is 6.34. The van der Waals surface area contributed by atoms with E-state index in [1.807, 2.05) is 30.3 Å². The van der Waals surface area contributed by atoms with Gasteiger partial charge in [0.1, 0.15) is 5.75 Å². The normalized spacial score (nSPS) is 24.1. The number of para-hydroxylation sites is 1. The van der Waals surface area contributed by atoms with Crippen molar-refractivity contribution >= 4 is 24.7 Å². The zero-order chi connectivity index (χ0) is 12.0. The average Bonchev–Trinajstić information content (AvgIpc) is 2.39. The lowest BCUT2D eigenvalue weighted by Gasteiger charge is -2.18. The summed E-state index contributed by atoms with van der Waals surface area (Å²) in [5.41, 5.74) is 0. The summed E-state index contributed by atoms with van der Waals surface area (Å²) in [6.45, 7) is 0.0640. The number of nitrogens with zero attached hydrogens (tertiary/aromatic N) is 3. The molecule has 1 heterocycles. The first kappa shape index (κ1) is 12.8. The predicted octanol–water partition coefficient (Wildman–Crippen LogP) is 4.12. The number of aliphatic hydroxyl groups is 1. The number of aliphatic hydroxyl groups excluding tert-OH is 1. The van der Waals surface area contributed by atoms with Crippen molar-refractivity contribution in [1.82, 2.24) is 0 Å². The van der Waals surface area contributed by atoms with Crippen LogP contribution in [0, 0.1) is 0 Å². The van der Waals surface area contributed by atoms with Gasteiger partial charge in [0, 0.05) is 0 Å². The van der Waals surface area contributed by atoms with Crippen molar-refractivity contribution in [2.45, 2.75) is 0 Å². The Morgan fingerprint density at radius 3 is 2.71 bits per heavy atom. The minimum atomic E-state index is -2.66. The van der Waals surface area contributed by atoms with Crippen LogP contribution in [0.2, 0.25) is 0 Å². The molecule has 1 atom stereocenters. The zero-order valence-corrected chi connectivity index (χ0v) is 11.4. The van der Waals surface area contributed by atoms with E-state index >= 15 is 0 Å². The molecule has 0 aliphatic carbocycles. The quantitative estimate of drug-likeness (QED) is 0.828. The van der Waals surface area contributed by atoms with Crippen LogP contribution in [0.3, 0.4) is 0 Å². The van der Waals surface area contributed by atoms with Crippen molar-refractivity contribution in [1.29, 1.82) is 0 Å². The summed E-state index contributed by atoms with van der Waals surface area (Å²) in [5, 5.41) is 8.80. The van der Waals surface area contributed by atoms with Crippen LogP contribution >= 0.6 is 24.7 Å². The van der Waals surface area contributed by atoms with Crippen LogP contribution in [0.25, 0.3) is 0 Å². The van der Waals surface area contributed by atoms with E-state index in [-0.39, 0.29) is 13.2 Å². The summed E-state index contributed by atoms with van der Waals surface area (Å²) in [5.74, 6) is 0.651. The van der Waals surface area contributed by atoms with Crippen molar-refractivity contribution in [2.24, 2.45) is 13.5 Å². The fourth-order valence-electron chi connectivity index (χ4n) is 1.07. The maximum absolute atomic E-state index is 8.80. The van der Waals surface area contributed by atoms with Gasteiger partial charge in [-0.15, -0.1) is 9.03 Å². The average molecular weight is 289 g/mol. The van der Waals surface area contributed by atoms with Crippen molar-refractivity contribution in [2.75, 3.05) is 13.2 Å². The van der Waals surface area contributed by atoms with Crippen LogP contribution in [0.15, 0.2) is 43.9 Å². The first-order valence-electron chi connectivity index (χ1n) is 4.78. The highest BCUT2D eigenvalue weighted by Gasteiger charge is 2.24. The molecular weight excluding hydrogens is 279 g/mol. The lowest BCUT2D eigenvalue weighted by molar-refractivity contribution is 0.199. The third-order valence-electron chi connectivity index (χ3n) is 1.70. The fourth-order valence-corrected chi connectivity index (χ4v) is 4.89. The van der Waals surface area contributed by atoms with E-state index < -0.39 is 7.66 Å². The van der Waals surface area contributed by atoms with Crippen LogP contribution in [0.5, 0.6) is 5.75 Å². The third kappa shape index (κ3) is 3.67. The van der Waals surface area contributed by atoms with Crippen molar-refractivity contribution < 1.29 is 14.2 Å². The largest absolute Gasteiger partial charge is 0.422 e. The Morgan fingerprint density at radius 2 is 2.06 bits per heavy atom. The monoisotopic (exact) mass is 289 g/mol. The van der Waals surface area contributed by atoms with Gasteiger partial charge in [-0.1, -0.05) is 18.2 Å². The third-order valence-corrected chi connectivity index (χ3v) is 5.76. The van der Waals surface area contributed by atoms with Crippen LogP contribution < -0.4 is 4.52 Å². The fraction of sp³-hybridized carbons (Fsp3) is 0.250. The van der Waals surface area contributed by atoms with Gasteiger partial charge in [-0.05, 0) is 12.1 Å². The minimum absolute atomic E-state index is 0.0874. The zero-order valence-electron chi connectivity index (χ0n) is 8.75. The molecule has 9 heteroatoms. The van der Waals surface area contributed by atoms with Gasteiger partial charge in [0.2, 0.25) is 0 Å². The van der Waals surface area contributed by atoms with Gasteiger partial charge >= 0.3 is 7.66 Å². The first-order valence-corrected chi connectivity index (χ1v) is 7.92. The summed E-state index contributed by atoms with van der Waals surface area (Å²) in [6.07, 6.45) is 0. The predicted molar refractivity (Wildman–Crippen MR) is 68.2 cm³/mol. The molecule has 0 fully saturated rings. The van der Waals surface area contributed by atoms with Crippen LogP contribution in [0.4, 0.5) is 0 Å². The first-order chi connectivity index (χ1) is 8.35. The van der Waals surface area contributed by atoms with Gasteiger partial charge < -0.3 is 9.63 Å². The highest BCUT2D eigenvalue weighted by molar-refractivity contribution is 7.65. The molecule has 0 radical (unpaired) electrons. The van der Waals surface area contributed by atoms with E-state index in [1.165, 1.54) is 0 Å². The molecule has 0 aromatic heterocycles. The molecule has 0 amide bonds. The molecule has 17 heavy (non-hydrogen) atoms. The molecular formula is C8H10N3O3P3. The summed E-state index contributed by atoms with van der Waals surface area (Å²) >= 11 is 0. The Morgan fingerprint density at radius 1 is 1.24 bits per heavy atom. The smallest absolute Gasteiger partial charge is 0.405 e. The van der Waals surface area contributed by atoms with E-state index in [2.05, 4.69) is 13.5 Å². The molecule has 1 aromatic carbocycles. The van der Waals surface area contributed by atoms with Gasteiger partial charge in [0.05, 0.1) is 13.2 Å². The molecule has 6 nitrogen and oxygen atoms in total. The van der Waals surface area contributed by atoms with E-state index in [0.717, 1.165) is 0 Å². The molecule has 0 saturated carbocycles. The lowest BCUT2D eigenvalue weighted by Crippen LogP contribution is -2.00. The molecule has 1 aliphatic heterocycles. The Balaban J connectivity index is 2.20. The van der Waals surface area contributed by atoms with E-state index in [0.29, 0.717) is 22.8 Å². The summed E-state index contributed by atoms with van der Waals surface area (Å²) < 4.78 is 23.5. The molecule has 0 bridgehead atoms. The highest BCUT2D eigenvalue weighted by Crippen LogP contribution is 2.59. The Kier molecular flexibility index (Phi) is 4.78. The Bertz CT molecular complexity index is 477. The molecule has 1 N–H and O–H groups in total. The number of hydrogen-bond donors (Lipinski definition) is 1. The summed E-state index contributed by atoms with van der Waals surface area (Å²) in [4.78, 5) is 0. The standard InChI is InChI=1S/C8H10N3O3P3/c12-6-7-13-17(10-15-9-16-11-17)14-8-4-2-1-3-5-8/h1-5,12H,6-7H2. The number of benzene rings is 1. The Labute approximate surface area is 102 Å². The summed E-state index contributed by atoms with van der Waals surface area (Å²) in [7, 11) is -1.55. The lowest BCUT2D eigenvalue weighted by atomic mass is 10.3. The van der Waals surface area contributed by atoms with E-state index in [9.17, 15) is 0 Å². The van der Waals surface area contributed by atoms with Crippen molar-refractivity contribution in [3.05, 3.63) is 30.3 Å². The Hall–Kier alpha value is -0.630. The molecule has 90 valence electrons. The van der Waals surface area contributed by atoms with Gasteiger partial charge in [-0.2, -0.15) is 4.52 Å². The number of hydrogen-bond acceptors (Lipinski definition) is 6. The second-order valence-electron chi connectivity index (χ2n) is 2.90. The van der Waals surface area contributed by atoms with Gasteiger partial charge in [-0.3, -0.25) is 4.52 Å². The van der Waals surface area contributed by atoms with Gasteiger partial charge in [-0.25, -0.2) is 0 Å². The topological polar surface area (TPSA) is 75.8 Å². The molecule has 0 spiro atoms. The molecule has 2 rings (SSSR count). The maximum Gasteiger partial charge on any atom is 0.405 e. The maximum atomic E-state index is 8.80. The van der Waals surface area contributed by atoms with E-state index in [1.54, 1.807) is 0 Å². The van der Waals surface area contributed by atoms with Gasteiger partial charge in [0.15, 0.2) is 17.0 Å². The van der Waals surface area contributed by atoms with Gasteiger partial charge in [0.25, 0.3) is 0 Å². The van der Waals surface area contributed by atoms with Crippen molar-refractivity contribution in [3.63, 3.8) is 0 Å². The SMILES string of the molecule is OCCOP1(Oc2ccccc2)=NP=NP=N1. The highest BCUT2D eigenvalue weighted by atomic mass is 31.2. The van der Waals surface area contributed by atoms with Crippen molar-refractivity contribution in [3.8, 4) is 5.75 Å². The molecule has 1 unspecified atom stereocenters. The van der Waals surface area contributed by atoms with Crippen LogP contribution in [-0.2, 0) is 4.52 Å². The summed E-state index contributed by atoms with van der Waals surface area (Å²) in [6, 6.07) is 9.25. The minimum Gasteiger partial charge on any atom is -0.422 e. The van der Waals surface area contributed by atoms with E-state index in [4.69, 9.17) is 14.2 Å².